The first-order valence-electron chi connectivity index (χ1n) is 9.94. The first kappa shape index (κ1) is 21.3. The van der Waals surface area contributed by atoms with Gasteiger partial charge in [0.15, 0.2) is 0 Å². The molecule has 0 bridgehead atoms. The molecule has 2 aromatic carbocycles. The van der Waals surface area contributed by atoms with E-state index in [0.29, 0.717) is 29.4 Å². The third-order valence-electron chi connectivity index (χ3n) is 4.78. The highest BCUT2D eigenvalue weighted by molar-refractivity contribution is 5.98. The largest absolute Gasteiger partial charge is 0.489 e. The molecule has 0 aliphatic heterocycles. The van der Waals surface area contributed by atoms with Crippen LogP contribution in [0.4, 0.5) is 10.2 Å². The Balaban J connectivity index is 1.39. The Hall–Kier alpha value is -3.91. The summed E-state index contributed by atoms with van der Waals surface area (Å²) < 4.78 is 29.9. The maximum absolute atomic E-state index is 13.3. The molecule has 0 unspecified atom stereocenters. The average molecular weight is 435 g/mol. The molecular formula is C24H22FN3O4. The number of halogens is 1. The van der Waals surface area contributed by atoms with Crippen molar-refractivity contribution in [1.82, 2.24) is 10.3 Å². The molecule has 7 nitrogen and oxygen atoms in total. The van der Waals surface area contributed by atoms with Crippen LogP contribution in [0.3, 0.4) is 0 Å². The number of rotatable bonds is 8. The Morgan fingerprint density at radius 1 is 1.12 bits per heavy atom. The molecule has 32 heavy (non-hydrogen) atoms. The number of benzene rings is 2. The van der Waals surface area contributed by atoms with Crippen molar-refractivity contribution in [3.63, 3.8) is 0 Å². The van der Waals surface area contributed by atoms with Gasteiger partial charge in [-0.05, 0) is 48.0 Å². The Labute approximate surface area is 184 Å². The molecule has 2 aromatic heterocycles. The van der Waals surface area contributed by atoms with Gasteiger partial charge in [-0.2, -0.15) is 0 Å². The van der Waals surface area contributed by atoms with Crippen molar-refractivity contribution in [3.8, 4) is 5.75 Å². The number of pyridine rings is 1. The van der Waals surface area contributed by atoms with Crippen LogP contribution in [0.15, 0.2) is 65.1 Å². The van der Waals surface area contributed by atoms with Gasteiger partial charge in [-0.1, -0.05) is 12.1 Å². The van der Waals surface area contributed by atoms with Gasteiger partial charge in [0.05, 0.1) is 24.4 Å². The summed E-state index contributed by atoms with van der Waals surface area (Å²) in [4.78, 5) is 16.6. The van der Waals surface area contributed by atoms with Crippen molar-refractivity contribution in [3.05, 3.63) is 89.1 Å². The normalized spacial score (nSPS) is 10.9. The number of amides is 1. The Bertz CT molecular complexity index is 1260. The number of carbonyl (C=O) groups is 1. The average Bonchev–Trinajstić information content (AvgIpc) is 3.19. The molecule has 1 amide bonds. The summed E-state index contributed by atoms with van der Waals surface area (Å²) in [5.74, 6) is 0.669. The summed E-state index contributed by atoms with van der Waals surface area (Å²) in [5, 5.41) is 3.66. The zero-order valence-corrected chi connectivity index (χ0v) is 17.4. The van der Waals surface area contributed by atoms with Crippen LogP contribution < -0.4 is 15.8 Å². The van der Waals surface area contributed by atoms with Crippen LogP contribution in [0.2, 0.25) is 0 Å². The zero-order valence-electron chi connectivity index (χ0n) is 17.4. The second kappa shape index (κ2) is 9.49. The molecule has 0 atom stereocenters. The van der Waals surface area contributed by atoms with E-state index in [1.165, 1.54) is 12.1 Å². The van der Waals surface area contributed by atoms with E-state index in [4.69, 9.17) is 19.6 Å². The van der Waals surface area contributed by atoms with Crippen LogP contribution in [0.1, 0.15) is 27.4 Å². The van der Waals surface area contributed by atoms with Crippen LogP contribution in [-0.4, -0.2) is 18.0 Å². The van der Waals surface area contributed by atoms with Gasteiger partial charge in [0.2, 0.25) is 0 Å². The molecule has 0 fully saturated rings. The van der Waals surface area contributed by atoms with Gasteiger partial charge in [0, 0.05) is 18.6 Å². The number of methoxy groups -OCH3 is 1. The lowest BCUT2D eigenvalue weighted by atomic mass is 10.2. The van der Waals surface area contributed by atoms with Crippen molar-refractivity contribution in [1.29, 1.82) is 0 Å². The highest BCUT2D eigenvalue weighted by Crippen LogP contribution is 2.25. The number of hydrogen-bond donors (Lipinski definition) is 2. The van der Waals surface area contributed by atoms with Crippen LogP contribution in [-0.2, 0) is 24.5 Å². The van der Waals surface area contributed by atoms with Crippen molar-refractivity contribution in [2.75, 3.05) is 12.8 Å². The summed E-state index contributed by atoms with van der Waals surface area (Å²) >= 11 is 0. The highest BCUT2D eigenvalue weighted by Gasteiger charge is 2.13. The van der Waals surface area contributed by atoms with E-state index in [9.17, 15) is 9.18 Å². The number of nitrogens with two attached hydrogens (primary N) is 1. The molecule has 164 valence electrons. The minimum Gasteiger partial charge on any atom is -0.489 e. The number of nitrogens with one attached hydrogen (secondary N) is 1. The van der Waals surface area contributed by atoms with Crippen LogP contribution >= 0.6 is 0 Å². The topological polar surface area (TPSA) is 99.6 Å². The fraction of sp³-hybridized carbons (Fsp3) is 0.167. The Morgan fingerprint density at radius 2 is 2.00 bits per heavy atom. The zero-order chi connectivity index (χ0) is 22.5. The third-order valence-corrected chi connectivity index (χ3v) is 4.78. The predicted molar refractivity (Wildman–Crippen MR) is 117 cm³/mol. The molecule has 0 saturated heterocycles. The number of furan rings is 1. The molecule has 0 aliphatic rings. The predicted octanol–water partition coefficient (Wildman–Crippen LogP) is 4.20. The fourth-order valence-corrected chi connectivity index (χ4v) is 3.24. The molecule has 0 saturated carbocycles. The number of carbonyl (C=O) groups excluding carboxylic acids is 1. The van der Waals surface area contributed by atoms with Gasteiger partial charge in [0.25, 0.3) is 5.91 Å². The van der Waals surface area contributed by atoms with Gasteiger partial charge in [0.1, 0.15) is 35.3 Å². The molecule has 0 aliphatic carbocycles. The van der Waals surface area contributed by atoms with Gasteiger partial charge in [-0.25, -0.2) is 9.37 Å². The maximum atomic E-state index is 13.3. The van der Waals surface area contributed by atoms with Crippen LogP contribution in [0.25, 0.3) is 11.0 Å². The van der Waals surface area contributed by atoms with Crippen molar-refractivity contribution in [2.24, 2.45) is 0 Å². The van der Waals surface area contributed by atoms with E-state index < -0.39 is 0 Å². The smallest absolute Gasteiger partial charge is 0.255 e. The molecule has 4 rings (SSSR count). The summed E-state index contributed by atoms with van der Waals surface area (Å²) in [7, 11) is 1.56. The summed E-state index contributed by atoms with van der Waals surface area (Å²) in [6.07, 6.45) is 0. The van der Waals surface area contributed by atoms with Gasteiger partial charge < -0.3 is 24.9 Å². The number of nitrogens with zero attached hydrogens (tertiary/aromatic N) is 1. The van der Waals surface area contributed by atoms with Crippen molar-refractivity contribution >= 4 is 22.7 Å². The minimum atomic E-state index is -0.349. The van der Waals surface area contributed by atoms with Crippen LogP contribution in [0, 0.1) is 5.82 Å². The first-order valence-corrected chi connectivity index (χ1v) is 9.94. The number of hydrogen-bond acceptors (Lipinski definition) is 6. The first-order chi connectivity index (χ1) is 15.5. The number of nitrogen functional groups attached to an aromatic ring is 1. The molecule has 4 aromatic rings. The number of anilines is 1. The third kappa shape index (κ3) is 5.04. The maximum Gasteiger partial charge on any atom is 0.255 e. The lowest BCUT2D eigenvalue weighted by Gasteiger charge is -2.07. The van der Waals surface area contributed by atoms with E-state index in [-0.39, 0.29) is 36.3 Å². The second-order valence-electron chi connectivity index (χ2n) is 7.18. The van der Waals surface area contributed by atoms with E-state index in [1.54, 1.807) is 37.4 Å². The Kier molecular flexibility index (Phi) is 6.32. The molecule has 0 radical (unpaired) electrons. The van der Waals surface area contributed by atoms with E-state index in [2.05, 4.69) is 10.3 Å². The molecule has 8 heteroatoms. The monoisotopic (exact) mass is 435 g/mol. The summed E-state index contributed by atoms with van der Waals surface area (Å²) in [5.41, 5.74) is 8.18. The highest BCUT2D eigenvalue weighted by atomic mass is 19.1. The van der Waals surface area contributed by atoms with E-state index in [1.807, 2.05) is 18.2 Å². The molecule has 2 heterocycles. The molecular weight excluding hydrogens is 413 g/mol. The number of fused-ring (bicyclic) bond motifs is 1. The summed E-state index contributed by atoms with van der Waals surface area (Å²) in [6.45, 7) is 0.747. The van der Waals surface area contributed by atoms with Crippen molar-refractivity contribution < 1.29 is 23.1 Å². The lowest BCUT2D eigenvalue weighted by Crippen LogP contribution is -2.24. The SMILES string of the molecule is COCc1ccc(C(=O)NCc2cc3ccc(OCc4cccc(F)c4)cc3o2)c(N)n1. The Morgan fingerprint density at radius 3 is 2.78 bits per heavy atom. The number of aromatic nitrogens is 1. The van der Waals surface area contributed by atoms with Crippen molar-refractivity contribution in [2.45, 2.75) is 19.8 Å². The van der Waals surface area contributed by atoms with Gasteiger partial charge in [-0.15, -0.1) is 0 Å². The lowest BCUT2D eigenvalue weighted by molar-refractivity contribution is 0.0948. The second-order valence-corrected chi connectivity index (χ2v) is 7.18. The van der Waals surface area contributed by atoms with E-state index >= 15 is 0 Å². The minimum absolute atomic E-state index is 0.141. The quantitative estimate of drug-likeness (QED) is 0.430. The molecule has 3 N–H and O–H groups in total. The fourth-order valence-electron chi connectivity index (χ4n) is 3.24. The van der Waals surface area contributed by atoms with Crippen LogP contribution in [0.5, 0.6) is 5.75 Å². The number of ether oxygens (including phenoxy) is 2. The van der Waals surface area contributed by atoms with Gasteiger partial charge in [-0.3, -0.25) is 4.79 Å². The van der Waals surface area contributed by atoms with E-state index in [0.717, 1.165) is 10.9 Å². The molecule has 0 spiro atoms. The van der Waals surface area contributed by atoms with Gasteiger partial charge >= 0.3 is 0 Å². The standard InChI is InChI=1S/C24H22FN3O4/c1-30-14-18-6-8-21(23(26)28-18)24(29)27-12-20-10-16-5-7-19(11-22(16)32-20)31-13-15-3-2-4-17(25)9-15/h2-11H,12-14H2,1H3,(H2,26,28)(H,27,29). The summed E-state index contributed by atoms with van der Waals surface area (Å²) in [6, 6.07) is 16.8.